The smallest absolute Gasteiger partial charge is 0.306 e. The van der Waals surface area contributed by atoms with Crippen LogP contribution in [0.25, 0.3) is 0 Å². The number of piperidine rings is 1. The van der Waals surface area contributed by atoms with E-state index in [4.69, 9.17) is 21.4 Å². The number of halogens is 1. The zero-order chi connectivity index (χ0) is 20.5. The van der Waals surface area contributed by atoms with Crippen molar-refractivity contribution < 1.29 is 14.6 Å². The van der Waals surface area contributed by atoms with Gasteiger partial charge in [0.15, 0.2) is 0 Å². The van der Waals surface area contributed by atoms with Gasteiger partial charge in [0.25, 0.3) is 0 Å². The topological polar surface area (TPSA) is 49.8 Å². The molecule has 0 aromatic heterocycles. The van der Waals surface area contributed by atoms with Crippen LogP contribution < -0.4 is 4.74 Å². The maximum atomic E-state index is 11.0. The first-order valence-electron chi connectivity index (χ1n) is 10.5. The molecular weight excluding hydrogens is 386 g/mol. The molecule has 156 valence electrons. The molecule has 1 saturated heterocycles. The molecule has 0 radical (unpaired) electrons. The lowest BCUT2D eigenvalue weighted by molar-refractivity contribution is -0.143. The second-order valence-electron chi connectivity index (χ2n) is 7.71. The number of hydrogen-bond acceptors (Lipinski definition) is 3. The Kier molecular flexibility index (Phi) is 8.38. The van der Waals surface area contributed by atoms with Gasteiger partial charge in [-0.15, -0.1) is 0 Å². The van der Waals surface area contributed by atoms with E-state index in [1.165, 1.54) is 5.56 Å². The molecule has 1 N–H and O–H groups in total. The standard InChI is InChI=1S/C24H30ClNO3/c25-22-9-3-1-7-19(22)11-12-20-8-2-4-10-23(20)29-18-6-5-15-26-16-13-21(14-17-26)24(27)28/h1-4,7-10,21H,5-6,11-18H2,(H,27,28). The van der Waals surface area contributed by atoms with E-state index in [1.807, 2.05) is 30.3 Å². The van der Waals surface area contributed by atoms with Crippen molar-refractivity contribution >= 4 is 17.6 Å². The Morgan fingerprint density at radius 2 is 1.66 bits per heavy atom. The summed E-state index contributed by atoms with van der Waals surface area (Å²) in [4.78, 5) is 13.4. The van der Waals surface area contributed by atoms with Gasteiger partial charge in [-0.3, -0.25) is 4.79 Å². The van der Waals surface area contributed by atoms with Crippen LogP contribution in [-0.4, -0.2) is 42.2 Å². The molecule has 3 rings (SSSR count). The van der Waals surface area contributed by atoms with Gasteiger partial charge in [0, 0.05) is 5.02 Å². The van der Waals surface area contributed by atoms with Crippen LogP contribution >= 0.6 is 11.6 Å². The third-order valence-electron chi connectivity index (χ3n) is 5.66. The molecule has 0 aliphatic carbocycles. The summed E-state index contributed by atoms with van der Waals surface area (Å²) in [6.45, 7) is 3.50. The van der Waals surface area contributed by atoms with E-state index in [0.29, 0.717) is 6.61 Å². The summed E-state index contributed by atoms with van der Waals surface area (Å²) in [6.07, 6.45) is 5.40. The van der Waals surface area contributed by atoms with Gasteiger partial charge < -0.3 is 14.7 Å². The van der Waals surface area contributed by atoms with Crippen LogP contribution in [0.15, 0.2) is 48.5 Å². The lowest BCUT2D eigenvalue weighted by atomic mass is 9.97. The molecule has 5 heteroatoms. The Labute approximate surface area is 178 Å². The first-order valence-corrected chi connectivity index (χ1v) is 10.9. The predicted molar refractivity (Wildman–Crippen MR) is 117 cm³/mol. The second-order valence-corrected chi connectivity index (χ2v) is 8.12. The SMILES string of the molecule is O=C(O)C1CCN(CCCCOc2ccccc2CCc2ccccc2Cl)CC1. The Bertz CT molecular complexity index is 787. The summed E-state index contributed by atoms with van der Waals surface area (Å²) in [5.41, 5.74) is 2.37. The third kappa shape index (κ3) is 6.76. The Morgan fingerprint density at radius 3 is 2.38 bits per heavy atom. The number of aliphatic carboxylic acids is 1. The molecule has 2 aromatic carbocycles. The number of nitrogens with zero attached hydrogens (tertiary/aromatic N) is 1. The fraction of sp³-hybridized carbons (Fsp3) is 0.458. The minimum Gasteiger partial charge on any atom is -0.493 e. The number of benzene rings is 2. The molecule has 2 aromatic rings. The summed E-state index contributed by atoms with van der Waals surface area (Å²) >= 11 is 6.27. The normalized spacial score (nSPS) is 15.3. The highest BCUT2D eigenvalue weighted by Gasteiger charge is 2.23. The van der Waals surface area contributed by atoms with Gasteiger partial charge in [-0.2, -0.15) is 0 Å². The minimum absolute atomic E-state index is 0.156. The maximum absolute atomic E-state index is 11.0. The van der Waals surface area contributed by atoms with Crippen molar-refractivity contribution in [2.75, 3.05) is 26.2 Å². The molecule has 0 atom stereocenters. The van der Waals surface area contributed by atoms with Crippen LogP contribution in [0, 0.1) is 5.92 Å². The van der Waals surface area contributed by atoms with E-state index in [2.05, 4.69) is 23.1 Å². The van der Waals surface area contributed by atoms with Gasteiger partial charge in [-0.1, -0.05) is 48.0 Å². The third-order valence-corrected chi connectivity index (χ3v) is 6.03. The molecule has 0 unspecified atom stereocenters. The van der Waals surface area contributed by atoms with Crippen molar-refractivity contribution in [2.45, 2.75) is 38.5 Å². The number of para-hydroxylation sites is 1. The largest absolute Gasteiger partial charge is 0.493 e. The van der Waals surface area contributed by atoms with Gasteiger partial charge in [0.05, 0.1) is 12.5 Å². The zero-order valence-corrected chi connectivity index (χ0v) is 17.6. The average Bonchev–Trinajstić information content (AvgIpc) is 2.74. The number of aryl methyl sites for hydroxylation is 2. The number of ether oxygens (including phenoxy) is 1. The first kappa shape index (κ1) is 21.7. The van der Waals surface area contributed by atoms with Crippen LogP contribution in [0.5, 0.6) is 5.75 Å². The van der Waals surface area contributed by atoms with Crippen molar-refractivity contribution in [3.05, 3.63) is 64.7 Å². The number of carbonyl (C=O) groups is 1. The molecule has 0 amide bonds. The highest BCUT2D eigenvalue weighted by molar-refractivity contribution is 6.31. The summed E-state index contributed by atoms with van der Waals surface area (Å²) in [7, 11) is 0. The molecule has 1 aliphatic rings. The van der Waals surface area contributed by atoms with Gasteiger partial charge in [0.1, 0.15) is 5.75 Å². The Balaban J connectivity index is 1.38. The summed E-state index contributed by atoms with van der Waals surface area (Å²) in [5.74, 6) is 0.157. The van der Waals surface area contributed by atoms with E-state index >= 15 is 0 Å². The van der Waals surface area contributed by atoms with E-state index in [9.17, 15) is 4.79 Å². The van der Waals surface area contributed by atoms with Crippen LogP contribution in [-0.2, 0) is 17.6 Å². The van der Waals surface area contributed by atoms with Crippen LogP contribution in [0.2, 0.25) is 5.02 Å². The quantitative estimate of drug-likeness (QED) is 0.549. The Morgan fingerprint density at radius 1 is 1.00 bits per heavy atom. The molecule has 0 bridgehead atoms. The first-order chi connectivity index (χ1) is 14.1. The van der Waals surface area contributed by atoms with Gasteiger partial charge in [0.2, 0.25) is 0 Å². The summed E-state index contributed by atoms with van der Waals surface area (Å²) in [6, 6.07) is 16.2. The Hall–Kier alpha value is -2.04. The van der Waals surface area contributed by atoms with Crippen molar-refractivity contribution in [2.24, 2.45) is 5.92 Å². The summed E-state index contributed by atoms with van der Waals surface area (Å²) < 4.78 is 6.06. The number of carboxylic acid groups (broad SMARTS) is 1. The molecule has 1 aliphatic heterocycles. The number of carboxylic acids is 1. The predicted octanol–water partition coefficient (Wildman–Crippen LogP) is 5.08. The minimum atomic E-state index is -0.647. The lowest BCUT2D eigenvalue weighted by Crippen LogP contribution is -2.36. The van der Waals surface area contributed by atoms with Crippen LogP contribution in [0.4, 0.5) is 0 Å². The van der Waals surface area contributed by atoms with E-state index in [1.54, 1.807) is 0 Å². The maximum Gasteiger partial charge on any atom is 0.306 e. The molecule has 0 spiro atoms. The van der Waals surface area contributed by atoms with Gasteiger partial charge >= 0.3 is 5.97 Å². The van der Waals surface area contributed by atoms with E-state index < -0.39 is 5.97 Å². The number of hydrogen-bond donors (Lipinski definition) is 1. The molecule has 1 fully saturated rings. The average molecular weight is 416 g/mol. The van der Waals surface area contributed by atoms with Crippen LogP contribution in [0.3, 0.4) is 0 Å². The molecule has 29 heavy (non-hydrogen) atoms. The summed E-state index contributed by atoms with van der Waals surface area (Å²) in [5, 5.41) is 9.89. The van der Waals surface area contributed by atoms with Crippen molar-refractivity contribution in [1.82, 2.24) is 4.90 Å². The highest BCUT2D eigenvalue weighted by atomic mass is 35.5. The molecule has 4 nitrogen and oxygen atoms in total. The monoisotopic (exact) mass is 415 g/mol. The van der Waals surface area contributed by atoms with E-state index in [-0.39, 0.29) is 5.92 Å². The molecular formula is C24H30ClNO3. The van der Waals surface area contributed by atoms with Crippen LogP contribution in [0.1, 0.15) is 36.8 Å². The zero-order valence-electron chi connectivity index (χ0n) is 16.9. The number of likely N-dealkylation sites (tertiary alicyclic amines) is 1. The fourth-order valence-corrected chi connectivity index (χ4v) is 4.07. The van der Waals surface area contributed by atoms with Crippen molar-refractivity contribution in [3.63, 3.8) is 0 Å². The number of rotatable bonds is 10. The lowest BCUT2D eigenvalue weighted by Gasteiger charge is -2.29. The van der Waals surface area contributed by atoms with Crippen molar-refractivity contribution in [1.29, 1.82) is 0 Å². The van der Waals surface area contributed by atoms with E-state index in [0.717, 1.165) is 74.5 Å². The fourth-order valence-electron chi connectivity index (χ4n) is 3.84. The molecule has 1 heterocycles. The molecule has 0 saturated carbocycles. The highest BCUT2D eigenvalue weighted by Crippen LogP contribution is 2.23. The van der Waals surface area contributed by atoms with Crippen molar-refractivity contribution in [3.8, 4) is 5.75 Å². The number of unbranched alkanes of at least 4 members (excludes halogenated alkanes) is 1. The second kappa shape index (κ2) is 11.2. The van der Waals surface area contributed by atoms with Gasteiger partial charge in [-0.05, 0) is 81.4 Å². The van der Waals surface area contributed by atoms with Gasteiger partial charge in [-0.25, -0.2) is 0 Å².